The summed E-state index contributed by atoms with van der Waals surface area (Å²) in [5.74, 6) is 0.0397. The van der Waals surface area contributed by atoms with Gasteiger partial charge in [-0.25, -0.2) is 4.98 Å². The minimum atomic E-state index is -0.137. The van der Waals surface area contributed by atoms with Crippen LogP contribution >= 0.6 is 11.6 Å². The molecule has 0 atom stereocenters. The predicted octanol–water partition coefficient (Wildman–Crippen LogP) is 1.72. The molecule has 0 aliphatic carbocycles. The van der Waals surface area contributed by atoms with E-state index in [4.69, 9.17) is 11.6 Å². The average Bonchev–Trinajstić information content (AvgIpc) is 2.83. The molecule has 2 aromatic heterocycles. The van der Waals surface area contributed by atoms with Crippen molar-refractivity contribution in [2.45, 2.75) is 32.7 Å². The van der Waals surface area contributed by atoms with E-state index in [1.807, 2.05) is 0 Å². The van der Waals surface area contributed by atoms with E-state index in [2.05, 4.69) is 44.4 Å². The van der Waals surface area contributed by atoms with Crippen LogP contribution in [0.25, 0.3) is 11.2 Å². The fourth-order valence-electron chi connectivity index (χ4n) is 1.68. The summed E-state index contributed by atoms with van der Waals surface area (Å²) >= 11 is 5.96. The first kappa shape index (κ1) is 14.7. The van der Waals surface area contributed by atoms with Crippen LogP contribution in [0.4, 0.5) is 5.95 Å². The van der Waals surface area contributed by atoms with Crippen LogP contribution in [0.1, 0.15) is 26.7 Å². The third-order valence-electron chi connectivity index (χ3n) is 2.63. The molecule has 2 rings (SSSR count). The van der Waals surface area contributed by atoms with Gasteiger partial charge in [0.05, 0.1) is 6.33 Å². The molecular formula is C12H17ClN6O. The molecule has 0 aliphatic rings. The van der Waals surface area contributed by atoms with Crippen LogP contribution in [-0.2, 0) is 4.79 Å². The highest BCUT2D eigenvalue weighted by atomic mass is 35.5. The van der Waals surface area contributed by atoms with Gasteiger partial charge >= 0.3 is 0 Å². The van der Waals surface area contributed by atoms with Gasteiger partial charge in [0, 0.05) is 12.5 Å². The predicted molar refractivity (Wildman–Crippen MR) is 77.7 cm³/mol. The van der Waals surface area contributed by atoms with Crippen molar-refractivity contribution < 1.29 is 4.79 Å². The number of nitrogens with one attached hydrogen (secondary N) is 3. The second-order valence-electron chi connectivity index (χ2n) is 4.70. The summed E-state index contributed by atoms with van der Waals surface area (Å²) in [6, 6.07) is 0.419. The van der Waals surface area contributed by atoms with Crippen molar-refractivity contribution in [2.75, 3.05) is 11.9 Å². The van der Waals surface area contributed by atoms with Crippen LogP contribution in [0.3, 0.4) is 0 Å². The van der Waals surface area contributed by atoms with Crippen molar-refractivity contribution >= 4 is 34.6 Å². The maximum atomic E-state index is 11.8. The van der Waals surface area contributed by atoms with Crippen LogP contribution in [-0.4, -0.2) is 38.4 Å². The zero-order chi connectivity index (χ0) is 14.5. The highest BCUT2D eigenvalue weighted by Crippen LogP contribution is 2.18. The van der Waals surface area contributed by atoms with Crippen molar-refractivity contribution in [1.29, 1.82) is 0 Å². The Labute approximate surface area is 121 Å². The number of hydrogen-bond acceptors (Lipinski definition) is 5. The molecule has 0 saturated heterocycles. The van der Waals surface area contributed by atoms with Gasteiger partial charge in [-0.2, -0.15) is 9.97 Å². The highest BCUT2D eigenvalue weighted by molar-refractivity contribution is 6.33. The molecule has 3 N–H and O–H groups in total. The first-order valence-corrected chi connectivity index (χ1v) is 6.84. The third kappa shape index (κ3) is 3.88. The number of aromatic amines is 1. The lowest BCUT2D eigenvalue weighted by Gasteiger charge is -2.07. The first-order valence-electron chi connectivity index (χ1n) is 6.46. The molecule has 0 fully saturated rings. The fraction of sp³-hybridized carbons (Fsp3) is 0.500. The summed E-state index contributed by atoms with van der Waals surface area (Å²) in [5, 5.41) is 6.11. The summed E-state index contributed by atoms with van der Waals surface area (Å²) < 4.78 is 0. The number of carbonyl (C=O) groups excluding carboxylic acids is 1. The molecule has 8 heteroatoms. The number of rotatable bonds is 6. The second kappa shape index (κ2) is 6.62. The van der Waals surface area contributed by atoms with E-state index in [1.165, 1.54) is 6.33 Å². The van der Waals surface area contributed by atoms with E-state index in [0.29, 0.717) is 23.6 Å². The van der Waals surface area contributed by atoms with Gasteiger partial charge in [-0.3, -0.25) is 10.1 Å². The lowest BCUT2D eigenvalue weighted by Crippen LogP contribution is -2.25. The Morgan fingerprint density at radius 1 is 1.45 bits per heavy atom. The number of amides is 1. The SMILES string of the molecule is CC(C)NCCCC(=O)Nc1nc(Cl)c2[nH]cnc2n1. The number of nitrogens with zero attached hydrogens (tertiary/aromatic N) is 3. The quantitative estimate of drug-likeness (QED) is 0.557. The molecule has 1 amide bonds. The number of imidazole rings is 1. The largest absolute Gasteiger partial charge is 0.341 e. The molecular weight excluding hydrogens is 280 g/mol. The van der Waals surface area contributed by atoms with Gasteiger partial charge in [0.15, 0.2) is 10.8 Å². The molecule has 0 saturated carbocycles. The zero-order valence-electron chi connectivity index (χ0n) is 11.4. The summed E-state index contributed by atoms with van der Waals surface area (Å²) in [5.41, 5.74) is 0.993. The monoisotopic (exact) mass is 296 g/mol. The van der Waals surface area contributed by atoms with E-state index < -0.39 is 0 Å². The Morgan fingerprint density at radius 3 is 3.00 bits per heavy atom. The van der Waals surface area contributed by atoms with Gasteiger partial charge in [-0.1, -0.05) is 25.4 Å². The van der Waals surface area contributed by atoms with Crippen molar-refractivity contribution in [2.24, 2.45) is 0 Å². The number of carbonyl (C=O) groups is 1. The van der Waals surface area contributed by atoms with Gasteiger partial charge in [-0.05, 0) is 13.0 Å². The maximum absolute atomic E-state index is 11.8. The zero-order valence-corrected chi connectivity index (χ0v) is 12.2. The molecule has 7 nitrogen and oxygen atoms in total. The van der Waals surface area contributed by atoms with Crippen LogP contribution < -0.4 is 10.6 Å². The number of hydrogen-bond donors (Lipinski definition) is 3. The third-order valence-corrected chi connectivity index (χ3v) is 2.90. The molecule has 2 heterocycles. The minimum Gasteiger partial charge on any atom is -0.341 e. The lowest BCUT2D eigenvalue weighted by molar-refractivity contribution is -0.116. The van der Waals surface area contributed by atoms with Gasteiger partial charge < -0.3 is 10.3 Å². The normalized spacial score (nSPS) is 11.2. The highest BCUT2D eigenvalue weighted by Gasteiger charge is 2.10. The smallest absolute Gasteiger partial charge is 0.233 e. The van der Waals surface area contributed by atoms with Gasteiger partial charge in [0.2, 0.25) is 11.9 Å². The summed E-state index contributed by atoms with van der Waals surface area (Å²) in [4.78, 5) is 26.7. The van der Waals surface area contributed by atoms with Crippen LogP contribution in [0.2, 0.25) is 5.15 Å². The molecule has 0 unspecified atom stereocenters. The number of fused-ring (bicyclic) bond motifs is 1. The summed E-state index contributed by atoms with van der Waals surface area (Å²) in [6.45, 7) is 4.93. The Balaban J connectivity index is 1.89. The number of halogens is 1. The first-order chi connectivity index (χ1) is 9.56. The molecule has 0 spiro atoms. The molecule has 0 aliphatic heterocycles. The Bertz CT molecular complexity index is 597. The summed E-state index contributed by atoms with van der Waals surface area (Å²) in [6.07, 6.45) is 2.64. The Kier molecular flexibility index (Phi) is 4.86. The molecule has 108 valence electrons. The second-order valence-corrected chi connectivity index (χ2v) is 5.06. The van der Waals surface area contributed by atoms with E-state index in [9.17, 15) is 4.79 Å². The van der Waals surface area contributed by atoms with Crippen LogP contribution in [0.5, 0.6) is 0 Å². The van der Waals surface area contributed by atoms with Crippen molar-refractivity contribution in [3.8, 4) is 0 Å². The standard InChI is InChI=1S/C12H17ClN6O/c1-7(2)14-5-3-4-8(20)17-12-18-10(13)9-11(19-12)16-6-15-9/h6-7,14H,3-5H2,1-2H3,(H2,15,16,17,18,19,20). The molecule has 0 radical (unpaired) electrons. The van der Waals surface area contributed by atoms with E-state index in [0.717, 1.165) is 13.0 Å². The molecule has 0 bridgehead atoms. The molecule has 2 aromatic rings. The van der Waals surface area contributed by atoms with Gasteiger partial charge in [0.1, 0.15) is 5.52 Å². The molecule has 20 heavy (non-hydrogen) atoms. The average molecular weight is 297 g/mol. The maximum Gasteiger partial charge on any atom is 0.233 e. The van der Waals surface area contributed by atoms with Crippen molar-refractivity contribution in [3.63, 3.8) is 0 Å². The number of aromatic nitrogens is 4. The van der Waals surface area contributed by atoms with Crippen LogP contribution in [0, 0.1) is 0 Å². The Morgan fingerprint density at radius 2 is 2.25 bits per heavy atom. The van der Waals surface area contributed by atoms with Gasteiger partial charge in [-0.15, -0.1) is 0 Å². The van der Waals surface area contributed by atoms with Crippen molar-refractivity contribution in [3.05, 3.63) is 11.5 Å². The topological polar surface area (TPSA) is 95.6 Å². The van der Waals surface area contributed by atoms with Crippen molar-refractivity contribution in [1.82, 2.24) is 25.3 Å². The summed E-state index contributed by atoms with van der Waals surface area (Å²) in [7, 11) is 0. The fourth-order valence-corrected chi connectivity index (χ4v) is 1.90. The number of H-pyrrole nitrogens is 1. The van der Waals surface area contributed by atoms with E-state index in [-0.39, 0.29) is 17.0 Å². The molecule has 0 aromatic carbocycles. The van der Waals surface area contributed by atoms with E-state index >= 15 is 0 Å². The lowest BCUT2D eigenvalue weighted by atomic mass is 10.3. The number of anilines is 1. The van der Waals surface area contributed by atoms with Gasteiger partial charge in [0.25, 0.3) is 0 Å². The Hall–Kier alpha value is -1.73. The minimum absolute atomic E-state index is 0.137. The van der Waals surface area contributed by atoms with E-state index in [1.54, 1.807) is 0 Å². The van der Waals surface area contributed by atoms with Crippen LogP contribution in [0.15, 0.2) is 6.33 Å².